The molecule has 0 amide bonds. The van der Waals surface area contributed by atoms with Gasteiger partial charge in [0.15, 0.2) is 0 Å². The third kappa shape index (κ3) is 3.24. The summed E-state index contributed by atoms with van der Waals surface area (Å²) in [6, 6.07) is 11.4. The molecule has 1 aromatic heterocycles. The molecular weight excluding hydrogens is 246 g/mol. The summed E-state index contributed by atoms with van der Waals surface area (Å²) >= 11 is 1.69. The van der Waals surface area contributed by atoms with Crippen molar-refractivity contribution >= 4 is 11.8 Å². The topological polar surface area (TPSA) is 42.4 Å². The van der Waals surface area contributed by atoms with E-state index in [1.165, 1.54) is 4.90 Å². The number of pyridine rings is 1. The zero-order chi connectivity index (χ0) is 13.0. The van der Waals surface area contributed by atoms with Crippen LogP contribution in [0.1, 0.15) is 18.7 Å². The van der Waals surface area contributed by atoms with Crippen molar-refractivity contribution in [3.63, 3.8) is 0 Å². The quantitative estimate of drug-likeness (QED) is 0.853. The molecule has 0 aliphatic heterocycles. The van der Waals surface area contributed by atoms with Crippen molar-refractivity contribution in [3.8, 4) is 11.5 Å². The summed E-state index contributed by atoms with van der Waals surface area (Å²) in [7, 11) is 0. The minimum absolute atomic E-state index is 0.556. The zero-order valence-corrected chi connectivity index (χ0v) is 11.1. The fourth-order valence-electron chi connectivity index (χ4n) is 1.48. The first-order chi connectivity index (χ1) is 8.69. The fraction of sp³-hybridized carbons (Fsp3) is 0.214. The molecule has 1 atom stereocenters. The Morgan fingerprint density at radius 1 is 1.11 bits per heavy atom. The third-order valence-electron chi connectivity index (χ3n) is 2.48. The molecule has 4 heteroatoms. The minimum atomic E-state index is -0.556. The van der Waals surface area contributed by atoms with Crippen molar-refractivity contribution in [2.45, 2.75) is 17.9 Å². The molecule has 3 nitrogen and oxygen atoms in total. The zero-order valence-electron chi connectivity index (χ0n) is 10.3. The molecule has 0 aliphatic rings. The van der Waals surface area contributed by atoms with Crippen LogP contribution in [0.2, 0.25) is 0 Å². The lowest BCUT2D eigenvalue weighted by molar-refractivity contribution is 0.194. The summed E-state index contributed by atoms with van der Waals surface area (Å²) in [5, 5.41) is 9.36. The van der Waals surface area contributed by atoms with Crippen LogP contribution in [0, 0.1) is 0 Å². The lowest BCUT2D eigenvalue weighted by Crippen LogP contribution is -1.95. The molecule has 0 unspecified atom stereocenters. The Balaban J connectivity index is 2.08. The van der Waals surface area contributed by atoms with Crippen molar-refractivity contribution in [2.75, 3.05) is 6.26 Å². The number of thioether (sulfide) groups is 1. The highest BCUT2D eigenvalue weighted by molar-refractivity contribution is 7.98. The molecule has 1 N–H and O–H groups in total. The van der Waals surface area contributed by atoms with E-state index >= 15 is 0 Å². The first-order valence-corrected chi connectivity index (χ1v) is 6.87. The number of benzene rings is 1. The molecule has 0 fully saturated rings. The van der Waals surface area contributed by atoms with E-state index in [1.807, 2.05) is 30.5 Å². The second-order valence-electron chi connectivity index (χ2n) is 3.87. The van der Waals surface area contributed by atoms with E-state index in [9.17, 15) is 5.11 Å². The van der Waals surface area contributed by atoms with E-state index in [4.69, 9.17) is 4.74 Å². The van der Waals surface area contributed by atoms with Crippen LogP contribution in [0.15, 0.2) is 47.5 Å². The highest BCUT2D eigenvalue weighted by Gasteiger charge is 2.03. The summed E-state index contributed by atoms with van der Waals surface area (Å²) in [5.74, 6) is 1.44. The van der Waals surface area contributed by atoms with Crippen LogP contribution in [0.4, 0.5) is 0 Å². The first-order valence-electron chi connectivity index (χ1n) is 5.65. The maximum atomic E-state index is 9.36. The van der Waals surface area contributed by atoms with E-state index in [1.54, 1.807) is 37.0 Å². The first kappa shape index (κ1) is 12.9. The normalized spacial score (nSPS) is 12.2. The van der Waals surface area contributed by atoms with Crippen molar-refractivity contribution < 1.29 is 9.84 Å². The highest BCUT2D eigenvalue weighted by Crippen LogP contribution is 2.24. The number of aliphatic hydroxyl groups excluding tert-OH is 1. The van der Waals surface area contributed by atoms with Crippen LogP contribution >= 0.6 is 11.8 Å². The summed E-state index contributed by atoms with van der Waals surface area (Å²) in [4.78, 5) is 5.33. The van der Waals surface area contributed by atoms with Gasteiger partial charge in [0.1, 0.15) is 11.5 Å². The van der Waals surface area contributed by atoms with Gasteiger partial charge in [-0.15, -0.1) is 11.8 Å². The average molecular weight is 261 g/mol. The molecule has 2 rings (SSSR count). The molecule has 0 radical (unpaired) electrons. The molecule has 0 aliphatic carbocycles. The Morgan fingerprint density at radius 3 is 2.28 bits per heavy atom. The van der Waals surface area contributed by atoms with Gasteiger partial charge < -0.3 is 9.84 Å². The van der Waals surface area contributed by atoms with Crippen LogP contribution in [0.3, 0.4) is 0 Å². The van der Waals surface area contributed by atoms with Crippen LogP contribution in [0.25, 0.3) is 0 Å². The number of ether oxygens (including phenoxy) is 1. The Bertz CT molecular complexity index is 494. The Kier molecular flexibility index (Phi) is 4.23. The molecule has 18 heavy (non-hydrogen) atoms. The highest BCUT2D eigenvalue weighted by atomic mass is 32.2. The maximum absolute atomic E-state index is 9.36. The number of hydrogen-bond donors (Lipinski definition) is 1. The van der Waals surface area contributed by atoms with Gasteiger partial charge in [0.05, 0.1) is 18.0 Å². The predicted molar refractivity (Wildman–Crippen MR) is 73.2 cm³/mol. The van der Waals surface area contributed by atoms with Gasteiger partial charge in [-0.2, -0.15) is 0 Å². The van der Waals surface area contributed by atoms with Crippen LogP contribution < -0.4 is 4.74 Å². The van der Waals surface area contributed by atoms with Gasteiger partial charge >= 0.3 is 0 Å². The van der Waals surface area contributed by atoms with Gasteiger partial charge in [-0.25, -0.2) is 0 Å². The van der Waals surface area contributed by atoms with Gasteiger partial charge in [-0.05, 0) is 49.6 Å². The van der Waals surface area contributed by atoms with Crippen molar-refractivity contribution in [3.05, 3.63) is 48.3 Å². The smallest absolute Gasteiger partial charge is 0.145 e. The monoisotopic (exact) mass is 261 g/mol. The number of hydrogen-bond acceptors (Lipinski definition) is 4. The molecular formula is C14H15NO2S. The predicted octanol–water partition coefficient (Wildman–Crippen LogP) is 3.65. The van der Waals surface area contributed by atoms with Crippen molar-refractivity contribution in [1.29, 1.82) is 0 Å². The van der Waals surface area contributed by atoms with Crippen molar-refractivity contribution in [2.24, 2.45) is 0 Å². The van der Waals surface area contributed by atoms with Gasteiger partial charge in [0.2, 0.25) is 0 Å². The second kappa shape index (κ2) is 5.89. The second-order valence-corrected chi connectivity index (χ2v) is 4.75. The third-order valence-corrected chi connectivity index (χ3v) is 3.23. The lowest BCUT2D eigenvalue weighted by atomic mass is 10.2. The SMILES string of the molecule is CSc1ccc(Oc2ccc([C@@H](C)O)nc2)cc1. The molecule has 1 aromatic carbocycles. The Hall–Kier alpha value is -1.52. The van der Waals surface area contributed by atoms with Gasteiger partial charge in [-0.1, -0.05) is 0 Å². The van der Waals surface area contributed by atoms with Gasteiger partial charge in [-0.3, -0.25) is 4.98 Å². The van der Waals surface area contributed by atoms with Gasteiger partial charge in [0, 0.05) is 4.90 Å². The molecule has 0 spiro atoms. The van der Waals surface area contributed by atoms with E-state index in [0.717, 1.165) is 5.75 Å². The van der Waals surface area contributed by atoms with Gasteiger partial charge in [0.25, 0.3) is 0 Å². The maximum Gasteiger partial charge on any atom is 0.145 e. The van der Waals surface area contributed by atoms with E-state index in [2.05, 4.69) is 4.98 Å². The van der Waals surface area contributed by atoms with Crippen LogP contribution in [-0.2, 0) is 0 Å². The summed E-state index contributed by atoms with van der Waals surface area (Å²) in [5.41, 5.74) is 0.639. The van der Waals surface area contributed by atoms with Crippen LogP contribution in [0.5, 0.6) is 11.5 Å². The Morgan fingerprint density at radius 2 is 1.78 bits per heavy atom. The number of nitrogens with zero attached hydrogens (tertiary/aromatic N) is 1. The molecule has 0 saturated carbocycles. The summed E-state index contributed by atoms with van der Waals surface area (Å²) < 4.78 is 5.66. The standard InChI is InChI=1S/C14H15NO2S/c1-10(16)14-8-5-12(9-15-14)17-11-3-6-13(18-2)7-4-11/h3-10,16H,1-2H3/t10-/m1/s1. The summed E-state index contributed by atoms with van der Waals surface area (Å²) in [6.45, 7) is 1.68. The number of aromatic nitrogens is 1. The van der Waals surface area contributed by atoms with E-state index < -0.39 is 6.10 Å². The molecule has 1 heterocycles. The van der Waals surface area contributed by atoms with Crippen molar-refractivity contribution in [1.82, 2.24) is 4.98 Å². The molecule has 0 saturated heterocycles. The van der Waals surface area contributed by atoms with E-state index in [0.29, 0.717) is 11.4 Å². The fourth-order valence-corrected chi connectivity index (χ4v) is 1.89. The average Bonchev–Trinajstić information content (AvgIpc) is 2.40. The largest absolute Gasteiger partial charge is 0.456 e. The Labute approximate surface area is 111 Å². The molecule has 2 aromatic rings. The van der Waals surface area contributed by atoms with E-state index in [-0.39, 0.29) is 0 Å². The molecule has 94 valence electrons. The number of rotatable bonds is 4. The molecule has 0 bridgehead atoms. The number of aliphatic hydroxyl groups is 1. The minimum Gasteiger partial charge on any atom is -0.456 e. The van der Waals surface area contributed by atoms with Crippen LogP contribution in [-0.4, -0.2) is 16.3 Å². The summed E-state index contributed by atoms with van der Waals surface area (Å²) in [6.07, 6.45) is 3.10. The lowest BCUT2D eigenvalue weighted by Gasteiger charge is -2.07.